The van der Waals surface area contributed by atoms with Crippen LogP contribution in [0.1, 0.15) is 19.4 Å². The van der Waals surface area contributed by atoms with Crippen molar-refractivity contribution in [2.24, 2.45) is 0 Å². The smallest absolute Gasteiger partial charge is 0.146 e. The Bertz CT molecular complexity index is 650. The molecule has 0 bridgehead atoms. The molecule has 0 heterocycles. The second-order valence-electron chi connectivity index (χ2n) is 4.99. The van der Waals surface area contributed by atoms with Crippen LogP contribution in [0.2, 0.25) is 0 Å². The normalized spacial score (nSPS) is 13.3. The Kier molecular flexibility index (Phi) is 4.79. The highest BCUT2D eigenvalue weighted by Crippen LogP contribution is 2.50. The van der Waals surface area contributed by atoms with Gasteiger partial charge in [-0.2, -0.15) is 0 Å². The van der Waals surface area contributed by atoms with E-state index in [0.717, 1.165) is 10.9 Å². The van der Waals surface area contributed by atoms with Crippen molar-refractivity contribution < 1.29 is 4.57 Å². The molecule has 0 aromatic heterocycles. The fourth-order valence-corrected chi connectivity index (χ4v) is 3.95. The molecule has 1 nitrogen and oxygen atoms in total. The first kappa shape index (κ1) is 14.6. The van der Waals surface area contributed by atoms with Gasteiger partial charge in [0.15, 0.2) is 0 Å². The zero-order chi connectivity index (χ0) is 14.4. The van der Waals surface area contributed by atoms with E-state index in [9.17, 15) is 4.57 Å². The van der Waals surface area contributed by atoms with Crippen molar-refractivity contribution in [3.8, 4) is 0 Å². The van der Waals surface area contributed by atoms with E-state index in [1.807, 2.05) is 80.6 Å². The van der Waals surface area contributed by atoms with Crippen LogP contribution >= 0.6 is 7.14 Å². The molecule has 0 N–H and O–H groups in total. The topological polar surface area (TPSA) is 17.1 Å². The SMILES string of the molecule is CC(C)[P@@](=O)(C=C=Cc1ccccc1)c1ccccc1. The van der Waals surface area contributed by atoms with Crippen LogP contribution in [0.4, 0.5) is 0 Å². The minimum Gasteiger partial charge on any atom is -0.313 e. The third kappa shape index (κ3) is 3.39. The standard InChI is InChI=1S/C18H19OP/c1-16(2)20(19,18-13-7-4-8-14-18)15-9-12-17-10-5-3-6-11-17/h3-8,10-16H,1-2H3/t9?,20-/m0/s1. The van der Waals surface area contributed by atoms with Crippen LogP contribution in [0, 0.1) is 0 Å². The Labute approximate surface area is 121 Å². The molecule has 0 aliphatic heterocycles. The zero-order valence-corrected chi connectivity index (χ0v) is 12.8. The Hall–Kier alpha value is -1.81. The summed E-state index contributed by atoms with van der Waals surface area (Å²) >= 11 is 0. The predicted molar refractivity (Wildman–Crippen MR) is 87.8 cm³/mol. The highest BCUT2D eigenvalue weighted by Gasteiger charge is 2.25. The van der Waals surface area contributed by atoms with Crippen molar-refractivity contribution >= 4 is 18.5 Å². The van der Waals surface area contributed by atoms with E-state index in [1.54, 1.807) is 5.82 Å². The number of hydrogen-bond acceptors (Lipinski definition) is 1. The van der Waals surface area contributed by atoms with Crippen LogP contribution < -0.4 is 5.30 Å². The third-order valence-corrected chi connectivity index (χ3v) is 6.42. The van der Waals surface area contributed by atoms with Crippen molar-refractivity contribution in [1.29, 1.82) is 0 Å². The monoisotopic (exact) mass is 282 g/mol. The Morgan fingerprint density at radius 1 is 0.950 bits per heavy atom. The average molecular weight is 282 g/mol. The fourth-order valence-electron chi connectivity index (χ4n) is 1.98. The summed E-state index contributed by atoms with van der Waals surface area (Å²) in [6.07, 6.45) is 1.87. The third-order valence-electron chi connectivity index (χ3n) is 3.24. The summed E-state index contributed by atoms with van der Waals surface area (Å²) in [5.41, 5.74) is 4.24. The maximum Gasteiger partial charge on any atom is 0.146 e. The molecule has 0 radical (unpaired) electrons. The fraction of sp³-hybridized carbons (Fsp3) is 0.167. The van der Waals surface area contributed by atoms with Gasteiger partial charge in [0.05, 0.1) is 0 Å². The molecule has 0 unspecified atom stereocenters. The number of hydrogen-bond donors (Lipinski definition) is 0. The van der Waals surface area contributed by atoms with Gasteiger partial charge in [0, 0.05) is 16.8 Å². The first-order valence-corrected chi connectivity index (χ1v) is 8.61. The second kappa shape index (κ2) is 6.57. The first-order chi connectivity index (χ1) is 9.63. The van der Waals surface area contributed by atoms with Crippen molar-refractivity contribution in [2.45, 2.75) is 19.5 Å². The summed E-state index contributed by atoms with van der Waals surface area (Å²) in [4.78, 5) is 0. The van der Waals surface area contributed by atoms with E-state index in [-0.39, 0.29) is 5.66 Å². The van der Waals surface area contributed by atoms with Gasteiger partial charge in [-0.3, -0.25) is 0 Å². The van der Waals surface area contributed by atoms with E-state index in [1.165, 1.54) is 0 Å². The minimum absolute atomic E-state index is 0.0709. The molecule has 0 spiro atoms. The maximum atomic E-state index is 13.2. The summed E-state index contributed by atoms with van der Waals surface area (Å²) < 4.78 is 13.2. The van der Waals surface area contributed by atoms with Crippen LogP contribution in [0.3, 0.4) is 0 Å². The molecule has 2 aromatic rings. The molecule has 102 valence electrons. The lowest BCUT2D eigenvalue weighted by Gasteiger charge is -2.17. The summed E-state index contributed by atoms with van der Waals surface area (Å²) in [7, 11) is -2.55. The van der Waals surface area contributed by atoms with Gasteiger partial charge in [-0.05, 0) is 11.6 Å². The lowest BCUT2D eigenvalue weighted by molar-refractivity contribution is 0.581. The molecule has 0 saturated heterocycles. The van der Waals surface area contributed by atoms with Crippen LogP contribution in [-0.2, 0) is 4.57 Å². The van der Waals surface area contributed by atoms with Gasteiger partial charge in [0.1, 0.15) is 7.14 Å². The predicted octanol–water partition coefficient (Wildman–Crippen LogP) is 4.91. The molecule has 0 fully saturated rings. The van der Waals surface area contributed by atoms with Gasteiger partial charge in [-0.1, -0.05) is 74.5 Å². The van der Waals surface area contributed by atoms with Gasteiger partial charge < -0.3 is 4.57 Å². The molecule has 0 saturated carbocycles. The van der Waals surface area contributed by atoms with Crippen molar-refractivity contribution in [1.82, 2.24) is 0 Å². The zero-order valence-electron chi connectivity index (χ0n) is 11.9. The largest absolute Gasteiger partial charge is 0.313 e. The molecular weight excluding hydrogens is 263 g/mol. The molecule has 1 atom stereocenters. The Balaban J connectivity index is 2.36. The van der Waals surface area contributed by atoms with E-state index >= 15 is 0 Å². The molecule has 0 aliphatic rings. The quantitative estimate of drug-likeness (QED) is 0.575. The minimum atomic E-state index is -2.55. The highest BCUT2D eigenvalue weighted by atomic mass is 31.2. The van der Waals surface area contributed by atoms with Gasteiger partial charge in [-0.15, -0.1) is 5.73 Å². The molecule has 0 amide bonds. The maximum absolute atomic E-state index is 13.2. The molecule has 0 aliphatic carbocycles. The summed E-state index contributed by atoms with van der Waals surface area (Å²) in [5.74, 6) is 1.75. The van der Waals surface area contributed by atoms with E-state index in [4.69, 9.17) is 0 Å². The van der Waals surface area contributed by atoms with Crippen molar-refractivity contribution in [3.05, 3.63) is 77.8 Å². The molecule has 2 rings (SSSR count). The Morgan fingerprint density at radius 2 is 1.50 bits per heavy atom. The molecule has 20 heavy (non-hydrogen) atoms. The van der Waals surface area contributed by atoms with E-state index in [0.29, 0.717) is 0 Å². The van der Waals surface area contributed by atoms with Crippen LogP contribution in [0.25, 0.3) is 6.08 Å². The average Bonchev–Trinajstić information content (AvgIpc) is 2.49. The van der Waals surface area contributed by atoms with Crippen molar-refractivity contribution in [3.63, 3.8) is 0 Å². The first-order valence-electron chi connectivity index (χ1n) is 6.76. The van der Waals surface area contributed by atoms with Gasteiger partial charge in [0.25, 0.3) is 0 Å². The van der Waals surface area contributed by atoms with Crippen LogP contribution in [0.5, 0.6) is 0 Å². The van der Waals surface area contributed by atoms with Crippen LogP contribution in [-0.4, -0.2) is 5.66 Å². The molecule has 2 aromatic carbocycles. The summed E-state index contributed by atoms with van der Waals surface area (Å²) in [5, 5.41) is 0.893. The van der Waals surface area contributed by atoms with Gasteiger partial charge in [-0.25, -0.2) is 0 Å². The second-order valence-corrected chi connectivity index (χ2v) is 8.22. The molecular formula is C18H19OP. The Morgan fingerprint density at radius 3 is 2.05 bits per heavy atom. The summed E-state index contributed by atoms with van der Waals surface area (Å²) in [6, 6.07) is 19.6. The lowest BCUT2D eigenvalue weighted by Crippen LogP contribution is -2.09. The number of rotatable bonds is 4. The van der Waals surface area contributed by atoms with Crippen molar-refractivity contribution in [2.75, 3.05) is 0 Å². The van der Waals surface area contributed by atoms with Crippen LogP contribution in [0.15, 0.2) is 72.2 Å². The van der Waals surface area contributed by atoms with Gasteiger partial charge >= 0.3 is 0 Å². The lowest BCUT2D eigenvalue weighted by atomic mass is 10.2. The highest BCUT2D eigenvalue weighted by molar-refractivity contribution is 7.75. The van der Waals surface area contributed by atoms with Gasteiger partial charge in [0.2, 0.25) is 0 Å². The molecule has 2 heteroatoms. The van der Waals surface area contributed by atoms with E-state index < -0.39 is 7.14 Å². The number of benzene rings is 2. The van der Waals surface area contributed by atoms with E-state index in [2.05, 4.69) is 5.73 Å². The summed E-state index contributed by atoms with van der Waals surface area (Å²) in [6.45, 7) is 3.99.